The van der Waals surface area contributed by atoms with Gasteiger partial charge in [-0.1, -0.05) is 48.6 Å². The molecular formula is C21H17N3O6S. The Labute approximate surface area is 179 Å². The molecule has 1 aliphatic rings. The number of esters is 1. The van der Waals surface area contributed by atoms with Crippen LogP contribution in [0.4, 0.5) is 5.88 Å². The zero-order chi connectivity index (χ0) is 22.1. The standard InChI is InChI=1S/C21H17N3O6S/c1-3-14-17(20(26)29-2)18(12-7-5-4-6-8-12)23-19(25)15(31-21(23)22-14)11-13-9-10-16(30-13)24(27)28/h4-11,18H,3H2,1-2H3/b15-11-/t18-/m1/s1. The van der Waals surface area contributed by atoms with Crippen molar-refractivity contribution in [2.75, 3.05) is 7.11 Å². The number of furan rings is 1. The summed E-state index contributed by atoms with van der Waals surface area (Å²) in [7, 11) is 1.29. The van der Waals surface area contributed by atoms with Crippen LogP contribution in [-0.2, 0) is 9.53 Å². The predicted molar refractivity (Wildman–Crippen MR) is 112 cm³/mol. The second kappa shape index (κ2) is 8.15. The fraction of sp³-hybridized carbons (Fsp3) is 0.190. The minimum Gasteiger partial charge on any atom is -0.466 e. The van der Waals surface area contributed by atoms with Crippen molar-refractivity contribution in [2.45, 2.75) is 19.4 Å². The van der Waals surface area contributed by atoms with Crippen molar-refractivity contribution in [2.24, 2.45) is 4.99 Å². The number of carbonyl (C=O) groups excluding carboxylic acids is 1. The van der Waals surface area contributed by atoms with E-state index in [1.54, 1.807) is 0 Å². The lowest BCUT2D eigenvalue weighted by Gasteiger charge is -2.25. The molecule has 3 aromatic rings. The first-order valence-electron chi connectivity index (χ1n) is 9.37. The highest BCUT2D eigenvalue weighted by molar-refractivity contribution is 7.07. The van der Waals surface area contributed by atoms with E-state index in [1.165, 1.54) is 29.9 Å². The Kier molecular flexibility index (Phi) is 5.38. The second-order valence-corrected chi connectivity index (χ2v) is 7.64. The third kappa shape index (κ3) is 3.61. The molecule has 10 heteroatoms. The van der Waals surface area contributed by atoms with Gasteiger partial charge in [-0.3, -0.25) is 19.5 Å². The summed E-state index contributed by atoms with van der Waals surface area (Å²) in [4.78, 5) is 41.2. The lowest BCUT2D eigenvalue weighted by atomic mass is 9.95. The van der Waals surface area contributed by atoms with E-state index in [0.717, 1.165) is 16.9 Å². The largest absolute Gasteiger partial charge is 0.466 e. The number of methoxy groups -OCH3 is 1. The number of nitro groups is 1. The van der Waals surface area contributed by atoms with Crippen molar-refractivity contribution in [1.82, 2.24) is 4.57 Å². The van der Waals surface area contributed by atoms with Crippen LogP contribution in [0, 0.1) is 10.1 Å². The Morgan fingerprint density at radius 2 is 2.06 bits per heavy atom. The first kappa shape index (κ1) is 20.5. The van der Waals surface area contributed by atoms with Crippen molar-refractivity contribution in [3.05, 3.63) is 94.9 Å². The summed E-state index contributed by atoms with van der Waals surface area (Å²) >= 11 is 1.13. The van der Waals surface area contributed by atoms with Crippen LogP contribution in [0.5, 0.6) is 0 Å². The van der Waals surface area contributed by atoms with Crippen molar-refractivity contribution in [3.63, 3.8) is 0 Å². The Balaban J connectivity index is 1.97. The Hall–Kier alpha value is -3.79. The van der Waals surface area contributed by atoms with Crippen LogP contribution in [0.2, 0.25) is 0 Å². The molecule has 0 N–H and O–H groups in total. The van der Waals surface area contributed by atoms with Crippen molar-refractivity contribution in [3.8, 4) is 0 Å². The Morgan fingerprint density at radius 1 is 1.32 bits per heavy atom. The van der Waals surface area contributed by atoms with E-state index in [2.05, 4.69) is 4.99 Å². The molecule has 3 heterocycles. The summed E-state index contributed by atoms with van der Waals surface area (Å²) < 4.78 is 11.9. The number of carbonyl (C=O) groups is 1. The summed E-state index contributed by atoms with van der Waals surface area (Å²) in [5.74, 6) is -0.788. The van der Waals surface area contributed by atoms with E-state index in [9.17, 15) is 19.7 Å². The number of hydrogen-bond donors (Lipinski definition) is 0. The summed E-state index contributed by atoms with van der Waals surface area (Å²) in [6, 6.07) is 11.1. The normalized spacial score (nSPS) is 16.1. The van der Waals surface area contributed by atoms with Crippen molar-refractivity contribution < 1.29 is 18.9 Å². The highest BCUT2D eigenvalue weighted by atomic mass is 32.1. The number of nitrogens with zero attached hydrogens (tertiary/aromatic N) is 3. The van der Waals surface area contributed by atoms with Crippen molar-refractivity contribution in [1.29, 1.82) is 0 Å². The van der Waals surface area contributed by atoms with Gasteiger partial charge in [-0.25, -0.2) is 9.79 Å². The fourth-order valence-electron chi connectivity index (χ4n) is 3.46. The number of aromatic nitrogens is 1. The van der Waals surface area contributed by atoms with E-state index in [1.807, 2.05) is 37.3 Å². The van der Waals surface area contributed by atoms with E-state index >= 15 is 0 Å². The molecular weight excluding hydrogens is 422 g/mol. The molecule has 0 unspecified atom stereocenters. The minimum atomic E-state index is -0.701. The first-order valence-corrected chi connectivity index (χ1v) is 10.2. The molecule has 4 rings (SSSR count). The second-order valence-electron chi connectivity index (χ2n) is 6.63. The first-order chi connectivity index (χ1) is 14.9. The number of rotatable bonds is 5. The minimum absolute atomic E-state index is 0.177. The van der Waals surface area contributed by atoms with E-state index in [4.69, 9.17) is 9.15 Å². The van der Waals surface area contributed by atoms with Gasteiger partial charge in [0.25, 0.3) is 5.56 Å². The number of hydrogen-bond acceptors (Lipinski definition) is 8. The molecule has 0 aliphatic carbocycles. The van der Waals surface area contributed by atoms with E-state index in [-0.39, 0.29) is 15.9 Å². The molecule has 9 nitrogen and oxygen atoms in total. The molecule has 0 saturated heterocycles. The molecule has 31 heavy (non-hydrogen) atoms. The molecule has 0 fully saturated rings. The van der Waals surface area contributed by atoms with Gasteiger partial charge in [0.15, 0.2) is 4.80 Å². The number of fused-ring (bicyclic) bond motifs is 1. The van der Waals surface area contributed by atoms with Crippen LogP contribution >= 0.6 is 11.3 Å². The monoisotopic (exact) mass is 439 g/mol. The molecule has 0 amide bonds. The van der Waals surface area contributed by atoms with Gasteiger partial charge >= 0.3 is 11.9 Å². The third-order valence-electron chi connectivity index (χ3n) is 4.83. The molecule has 0 radical (unpaired) electrons. The SMILES string of the molecule is CCC1=C(C(=O)OC)[C@@H](c2ccccc2)n2c(s/c(=C\c3ccc([N+](=O)[O-])o3)c2=O)=N1. The predicted octanol–water partition coefficient (Wildman–Crippen LogP) is 2.30. The maximum absolute atomic E-state index is 13.3. The summed E-state index contributed by atoms with van der Waals surface area (Å²) in [6.07, 6.45) is 1.91. The van der Waals surface area contributed by atoms with Gasteiger partial charge in [-0.05, 0) is 18.1 Å². The number of ether oxygens (including phenoxy) is 1. The number of allylic oxidation sites excluding steroid dienone is 1. The third-order valence-corrected chi connectivity index (χ3v) is 5.81. The number of benzene rings is 1. The Morgan fingerprint density at radius 3 is 2.68 bits per heavy atom. The van der Waals surface area contributed by atoms with E-state index in [0.29, 0.717) is 22.5 Å². The molecule has 0 saturated carbocycles. The van der Waals surface area contributed by atoms with Crippen LogP contribution in [0.1, 0.15) is 30.7 Å². The van der Waals surface area contributed by atoms with E-state index < -0.39 is 22.8 Å². The molecule has 1 aliphatic heterocycles. The lowest BCUT2D eigenvalue weighted by molar-refractivity contribution is -0.402. The maximum atomic E-state index is 13.3. The zero-order valence-corrected chi connectivity index (χ0v) is 17.4. The molecule has 2 aromatic heterocycles. The average Bonchev–Trinajstić information content (AvgIpc) is 3.37. The van der Waals surface area contributed by atoms with Gasteiger partial charge in [0, 0.05) is 6.08 Å². The van der Waals surface area contributed by atoms with Gasteiger partial charge in [-0.15, -0.1) is 0 Å². The smallest absolute Gasteiger partial charge is 0.433 e. The fourth-order valence-corrected chi connectivity index (χ4v) is 4.46. The Bertz CT molecular complexity index is 1380. The zero-order valence-electron chi connectivity index (χ0n) is 16.6. The molecule has 1 aromatic carbocycles. The van der Waals surface area contributed by atoms with Crippen LogP contribution in [0.3, 0.4) is 0 Å². The average molecular weight is 439 g/mol. The highest BCUT2D eigenvalue weighted by Gasteiger charge is 2.33. The van der Waals surface area contributed by atoms with Crippen LogP contribution in [0.25, 0.3) is 6.08 Å². The van der Waals surface area contributed by atoms with Crippen LogP contribution < -0.4 is 14.9 Å². The number of thiazole rings is 1. The topological polar surface area (TPSA) is 117 Å². The van der Waals surface area contributed by atoms with Crippen LogP contribution in [0.15, 0.2) is 67.9 Å². The van der Waals surface area contributed by atoms with Gasteiger partial charge < -0.3 is 9.15 Å². The lowest BCUT2D eigenvalue weighted by Crippen LogP contribution is -2.40. The van der Waals surface area contributed by atoms with Gasteiger partial charge in [0.1, 0.15) is 10.7 Å². The molecule has 0 bridgehead atoms. The van der Waals surface area contributed by atoms with Crippen molar-refractivity contribution >= 4 is 29.3 Å². The molecule has 1 atom stereocenters. The summed E-state index contributed by atoms with van der Waals surface area (Å²) in [5, 5.41) is 10.9. The van der Waals surface area contributed by atoms with Gasteiger partial charge in [0.05, 0.1) is 35.0 Å². The molecule has 0 spiro atoms. The maximum Gasteiger partial charge on any atom is 0.433 e. The quantitative estimate of drug-likeness (QED) is 0.342. The van der Waals surface area contributed by atoms with Crippen LogP contribution in [-0.4, -0.2) is 22.6 Å². The van der Waals surface area contributed by atoms with Gasteiger partial charge in [0.2, 0.25) is 0 Å². The van der Waals surface area contributed by atoms with Gasteiger partial charge in [-0.2, -0.15) is 0 Å². The molecule has 158 valence electrons. The highest BCUT2D eigenvalue weighted by Crippen LogP contribution is 2.31. The summed E-state index contributed by atoms with van der Waals surface area (Å²) in [5.41, 5.74) is 1.21. The summed E-state index contributed by atoms with van der Waals surface area (Å²) in [6.45, 7) is 1.88.